The van der Waals surface area contributed by atoms with Crippen molar-refractivity contribution in [1.29, 1.82) is 0 Å². The van der Waals surface area contributed by atoms with Crippen molar-refractivity contribution in [3.8, 4) is 11.5 Å². The molecule has 136 valence electrons. The molecule has 5 nitrogen and oxygen atoms in total. The van der Waals surface area contributed by atoms with Crippen LogP contribution in [-0.2, 0) is 9.59 Å². The van der Waals surface area contributed by atoms with Gasteiger partial charge in [0, 0.05) is 11.6 Å². The summed E-state index contributed by atoms with van der Waals surface area (Å²) in [6.45, 7) is -0.00238. The van der Waals surface area contributed by atoms with Crippen molar-refractivity contribution in [2.45, 2.75) is 32.1 Å². The van der Waals surface area contributed by atoms with Crippen molar-refractivity contribution in [2.75, 3.05) is 11.9 Å². The van der Waals surface area contributed by atoms with Gasteiger partial charge in [-0.05, 0) is 49.2 Å². The maximum atomic E-state index is 12.1. The number of carbonyl (C=O) groups is 2. The lowest BCUT2D eigenvalue weighted by Gasteiger charge is -2.20. The van der Waals surface area contributed by atoms with Crippen LogP contribution >= 0.6 is 0 Å². The number of hydrogen-bond acceptors (Lipinski definition) is 3. The summed E-state index contributed by atoms with van der Waals surface area (Å²) in [4.78, 5) is 24.1. The zero-order chi connectivity index (χ0) is 18.2. The van der Waals surface area contributed by atoms with E-state index in [1.807, 2.05) is 30.3 Å². The smallest absolute Gasteiger partial charge is 0.243 e. The van der Waals surface area contributed by atoms with Gasteiger partial charge in [0.25, 0.3) is 0 Å². The number of nitrogens with one attached hydrogen (secondary N) is 2. The van der Waals surface area contributed by atoms with Gasteiger partial charge >= 0.3 is 0 Å². The van der Waals surface area contributed by atoms with E-state index in [1.165, 1.54) is 6.42 Å². The van der Waals surface area contributed by atoms with Crippen LogP contribution in [0.25, 0.3) is 0 Å². The molecule has 0 bridgehead atoms. The molecule has 1 aliphatic carbocycles. The molecule has 26 heavy (non-hydrogen) atoms. The van der Waals surface area contributed by atoms with Crippen molar-refractivity contribution >= 4 is 17.5 Å². The van der Waals surface area contributed by atoms with Gasteiger partial charge in [-0.2, -0.15) is 0 Å². The molecular formula is C21H24N2O3. The standard InChI is InChI=1S/C21H24N2O3/c24-20(15-22-21(25)16-7-3-1-4-8-16)23-17-11-13-19(14-12-17)26-18-9-5-2-6-10-18/h2,5-6,9-14,16H,1,3-4,7-8,15H2,(H,22,25)(H,23,24). The zero-order valence-electron chi connectivity index (χ0n) is 14.7. The summed E-state index contributed by atoms with van der Waals surface area (Å²) in [7, 11) is 0. The van der Waals surface area contributed by atoms with E-state index in [0.29, 0.717) is 11.4 Å². The Morgan fingerprint density at radius 3 is 2.23 bits per heavy atom. The molecule has 5 heteroatoms. The normalized spacial score (nSPS) is 14.5. The van der Waals surface area contributed by atoms with Crippen LogP contribution in [0.5, 0.6) is 11.5 Å². The Kier molecular flexibility index (Phi) is 6.25. The van der Waals surface area contributed by atoms with Crippen LogP contribution in [-0.4, -0.2) is 18.4 Å². The molecule has 0 unspecified atom stereocenters. The van der Waals surface area contributed by atoms with Crippen LogP contribution in [0, 0.1) is 5.92 Å². The quantitative estimate of drug-likeness (QED) is 0.822. The number of ether oxygens (including phenoxy) is 1. The highest BCUT2D eigenvalue weighted by molar-refractivity contribution is 5.94. The summed E-state index contributed by atoms with van der Waals surface area (Å²) in [6.07, 6.45) is 5.25. The number of benzene rings is 2. The molecule has 1 saturated carbocycles. The first-order chi connectivity index (χ1) is 12.7. The van der Waals surface area contributed by atoms with Gasteiger partial charge in [-0.15, -0.1) is 0 Å². The predicted octanol–water partition coefficient (Wildman–Crippen LogP) is 4.11. The molecule has 0 aliphatic heterocycles. The van der Waals surface area contributed by atoms with Gasteiger partial charge in [-0.1, -0.05) is 37.5 Å². The minimum Gasteiger partial charge on any atom is -0.457 e. The lowest BCUT2D eigenvalue weighted by molar-refractivity contribution is -0.128. The summed E-state index contributed by atoms with van der Waals surface area (Å²) >= 11 is 0. The Balaban J connectivity index is 1.44. The highest BCUT2D eigenvalue weighted by atomic mass is 16.5. The Morgan fingerprint density at radius 2 is 1.54 bits per heavy atom. The third kappa shape index (κ3) is 5.34. The molecule has 0 radical (unpaired) electrons. The van der Waals surface area contributed by atoms with E-state index in [4.69, 9.17) is 4.74 Å². The third-order valence-corrected chi connectivity index (χ3v) is 4.52. The Labute approximate surface area is 153 Å². The van der Waals surface area contributed by atoms with Gasteiger partial charge in [0.05, 0.1) is 6.54 Å². The van der Waals surface area contributed by atoms with E-state index in [1.54, 1.807) is 24.3 Å². The topological polar surface area (TPSA) is 67.4 Å². The van der Waals surface area contributed by atoms with Gasteiger partial charge < -0.3 is 15.4 Å². The van der Waals surface area contributed by atoms with E-state index in [9.17, 15) is 9.59 Å². The van der Waals surface area contributed by atoms with Gasteiger partial charge in [0.2, 0.25) is 11.8 Å². The van der Waals surface area contributed by atoms with E-state index >= 15 is 0 Å². The van der Waals surface area contributed by atoms with Gasteiger partial charge in [0.1, 0.15) is 11.5 Å². The lowest BCUT2D eigenvalue weighted by atomic mass is 9.89. The summed E-state index contributed by atoms with van der Waals surface area (Å²) < 4.78 is 5.71. The second kappa shape index (κ2) is 9.04. The molecule has 0 heterocycles. The Hall–Kier alpha value is -2.82. The van der Waals surface area contributed by atoms with E-state index in [2.05, 4.69) is 10.6 Å². The molecule has 3 rings (SSSR count). The maximum absolute atomic E-state index is 12.1. The molecule has 0 atom stereocenters. The minimum atomic E-state index is -0.231. The van der Waals surface area contributed by atoms with Crippen LogP contribution in [0.2, 0.25) is 0 Å². The van der Waals surface area contributed by atoms with Crippen molar-refractivity contribution in [1.82, 2.24) is 5.32 Å². The van der Waals surface area contributed by atoms with Crippen molar-refractivity contribution in [3.05, 3.63) is 54.6 Å². The molecule has 0 aromatic heterocycles. The fraction of sp³-hybridized carbons (Fsp3) is 0.333. The first-order valence-electron chi connectivity index (χ1n) is 9.11. The Morgan fingerprint density at radius 1 is 0.885 bits per heavy atom. The zero-order valence-corrected chi connectivity index (χ0v) is 14.7. The van der Waals surface area contributed by atoms with Crippen LogP contribution in [0.1, 0.15) is 32.1 Å². The number of amides is 2. The molecule has 1 fully saturated rings. The molecule has 2 aromatic rings. The van der Waals surface area contributed by atoms with Crippen molar-refractivity contribution in [2.24, 2.45) is 5.92 Å². The Bertz CT molecular complexity index is 723. The third-order valence-electron chi connectivity index (χ3n) is 4.52. The number of hydrogen-bond donors (Lipinski definition) is 2. The minimum absolute atomic E-state index is 0.00238. The summed E-state index contributed by atoms with van der Waals surface area (Å²) in [5, 5.41) is 5.52. The van der Waals surface area contributed by atoms with E-state index in [-0.39, 0.29) is 24.3 Å². The van der Waals surface area contributed by atoms with E-state index < -0.39 is 0 Å². The highest BCUT2D eigenvalue weighted by Crippen LogP contribution is 2.24. The van der Waals surface area contributed by atoms with Crippen LogP contribution in [0.3, 0.4) is 0 Å². The SMILES string of the molecule is O=C(CNC(=O)C1CCCCC1)Nc1ccc(Oc2ccccc2)cc1. The van der Waals surface area contributed by atoms with Crippen molar-refractivity contribution < 1.29 is 14.3 Å². The second-order valence-corrected chi connectivity index (χ2v) is 6.54. The van der Waals surface area contributed by atoms with E-state index in [0.717, 1.165) is 31.4 Å². The van der Waals surface area contributed by atoms with Crippen LogP contribution in [0.15, 0.2) is 54.6 Å². The fourth-order valence-corrected chi connectivity index (χ4v) is 3.11. The predicted molar refractivity (Wildman–Crippen MR) is 101 cm³/mol. The summed E-state index contributed by atoms with van der Waals surface area (Å²) in [5.74, 6) is 1.28. The summed E-state index contributed by atoms with van der Waals surface area (Å²) in [6, 6.07) is 16.6. The molecule has 0 spiro atoms. The number of rotatable bonds is 6. The van der Waals surface area contributed by atoms with Crippen LogP contribution in [0.4, 0.5) is 5.69 Å². The highest BCUT2D eigenvalue weighted by Gasteiger charge is 2.21. The largest absolute Gasteiger partial charge is 0.457 e. The molecule has 2 amide bonds. The first kappa shape index (κ1) is 18.0. The number of carbonyl (C=O) groups excluding carboxylic acids is 2. The average Bonchev–Trinajstić information content (AvgIpc) is 2.69. The molecule has 1 aliphatic rings. The summed E-state index contributed by atoms with van der Waals surface area (Å²) in [5.41, 5.74) is 0.669. The second-order valence-electron chi connectivity index (χ2n) is 6.54. The lowest BCUT2D eigenvalue weighted by Crippen LogP contribution is -2.37. The molecule has 2 N–H and O–H groups in total. The van der Waals surface area contributed by atoms with Gasteiger partial charge in [-0.3, -0.25) is 9.59 Å². The average molecular weight is 352 g/mol. The first-order valence-corrected chi connectivity index (χ1v) is 9.11. The van der Waals surface area contributed by atoms with Gasteiger partial charge in [-0.25, -0.2) is 0 Å². The molecule has 2 aromatic carbocycles. The molecular weight excluding hydrogens is 328 g/mol. The maximum Gasteiger partial charge on any atom is 0.243 e. The number of anilines is 1. The van der Waals surface area contributed by atoms with Crippen molar-refractivity contribution in [3.63, 3.8) is 0 Å². The monoisotopic (exact) mass is 352 g/mol. The van der Waals surface area contributed by atoms with Crippen LogP contribution < -0.4 is 15.4 Å². The number of para-hydroxylation sites is 1. The molecule has 0 saturated heterocycles. The fourth-order valence-electron chi connectivity index (χ4n) is 3.11. The van der Waals surface area contributed by atoms with Gasteiger partial charge in [0.15, 0.2) is 0 Å².